The Bertz CT molecular complexity index is 524. The van der Waals surface area contributed by atoms with Crippen LogP contribution in [0.1, 0.15) is 38.3 Å². The normalized spacial score (nSPS) is 12.7. The third kappa shape index (κ3) is 4.26. The first-order valence-electron chi connectivity index (χ1n) is 7.65. The van der Waals surface area contributed by atoms with E-state index >= 15 is 0 Å². The third-order valence-electron chi connectivity index (χ3n) is 3.45. The van der Waals surface area contributed by atoms with Gasteiger partial charge in [0.15, 0.2) is 0 Å². The summed E-state index contributed by atoms with van der Waals surface area (Å²) in [6.45, 7) is 5.56. The largest absolute Gasteiger partial charge is 0.309 e. The van der Waals surface area contributed by atoms with Gasteiger partial charge in [0.1, 0.15) is 0 Å². The second kappa shape index (κ2) is 8.33. The predicted octanol–water partition coefficient (Wildman–Crippen LogP) is 5.02. The van der Waals surface area contributed by atoms with Gasteiger partial charge in [0.2, 0.25) is 0 Å². The molecule has 1 atom stereocenters. The molecule has 0 aromatic heterocycles. The molecule has 1 N–H and O–H groups in total. The SMILES string of the molecule is CCCNC(CSCCC)c1ccc2ccccc2c1. The maximum atomic E-state index is 3.69. The van der Waals surface area contributed by atoms with Crippen molar-refractivity contribution in [3.63, 3.8) is 0 Å². The molecule has 0 aliphatic rings. The minimum absolute atomic E-state index is 0.469. The van der Waals surface area contributed by atoms with Crippen LogP contribution in [0.25, 0.3) is 10.8 Å². The van der Waals surface area contributed by atoms with Gasteiger partial charge in [0, 0.05) is 11.8 Å². The van der Waals surface area contributed by atoms with E-state index in [9.17, 15) is 0 Å². The topological polar surface area (TPSA) is 12.0 Å². The van der Waals surface area contributed by atoms with Gasteiger partial charge in [-0.3, -0.25) is 0 Å². The van der Waals surface area contributed by atoms with Crippen LogP contribution < -0.4 is 5.32 Å². The van der Waals surface area contributed by atoms with E-state index in [4.69, 9.17) is 0 Å². The first-order valence-corrected chi connectivity index (χ1v) is 8.80. The van der Waals surface area contributed by atoms with E-state index in [1.54, 1.807) is 0 Å². The minimum Gasteiger partial charge on any atom is -0.309 e. The van der Waals surface area contributed by atoms with Crippen LogP contribution in [0.2, 0.25) is 0 Å². The summed E-state index contributed by atoms with van der Waals surface area (Å²) in [5.41, 5.74) is 1.42. The average molecular weight is 287 g/mol. The van der Waals surface area contributed by atoms with Crippen LogP contribution in [0.3, 0.4) is 0 Å². The number of thioether (sulfide) groups is 1. The Balaban J connectivity index is 2.15. The molecule has 0 bridgehead atoms. The molecule has 0 saturated carbocycles. The van der Waals surface area contributed by atoms with Crippen molar-refractivity contribution in [1.82, 2.24) is 5.32 Å². The molecule has 0 heterocycles. The molecular weight excluding hydrogens is 262 g/mol. The van der Waals surface area contributed by atoms with E-state index in [0.29, 0.717) is 6.04 Å². The highest BCUT2D eigenvalue weighted by Crippen LogP contribution is 2.23. The Morgan fingerprint density at radius 2 is 1.80 bits per heavy atom. The van der Waals surface area contributed by atoms with E-state index in [2.05, 4.69) is 61.6 Å². The molecule has 2 aromatic carbocycles. The maximum Gasteiger partial charge on any atom is 0.0412 e. The monoisotopic (exact) mass is 287 g/mol. The lowest BCUT2D eigenvalue weighted by atomic mass is 10.0. The zero-order valence-corrected chi connectivity index (χ0v) is 13.4. The number of benzene rings is 2. The van der Waals surface area contributed by atoms with Gasteiger partial charge in [0.25, 0.3) is 0 Å². The van der Waals surface area contributed by atoms with Gasteiger partial charge in [-0.15, -0.1) is 0 Å². The highest BCUT2D eigenvalue weighted by atomic mass is 32.2. The van der Waals surface area contributed by atoms with Crippen molar-refractivity contribution in [2.45, 2.75) is 32.7 Å². The van der Waals surface area contributed by atoms with Crippen LogP contribution in [-0.2, 0) is 0 Å². The molecule has 20 heavy (non-hydrogen) atoms. The van der Waals surface area contributed by atoms with Crippen LogP contribution >= 0.6 is 11.8 Å². The second-order valence-electron chi connectivity index (χ2n) is 5.19. The van der Waals surface area contributed by atoms with Crippen LogP contribution in [-0.4, -0.2) is 18.1 Å². The summed E-state index contributed by atoms with van der Waals surface area (Å²) >= 11 is 2.05. The lowest BCUT2D eigenvalue weighted by molar-refractivity contribution is 0.578. The van der Waals surface area contributed by atoms with Crippen LogP contribution in [0.4, 0.5) is 0 Å². The van der Waals surface area contributed by atoms with Crippen molar-refractivity contribution in [2.75, 3.05) is 18.1 Å². The summed E-state index contributed by atoms with van der Waals surface area (Å²) in [4.78, 5) is 0. The Hall–Kier alpha value is -0.990. The number of rotatable bonds is 8. The van der Waals surface area contributed by atoms with Crippen molar-refractivity contribution in [2.24, 2.45) is 0 Å². The number of nitrogens with one attached hydrogen (secondary N) is 1. The fraction of sp³-hybridized carbons (Fsp3) is 0.444. The highest BCUT2D eigenvalue weighted by Gasteiger charge is 2.11. The maximum absolute atomic E-state index is 3.69. The summed E-state index contributed by atoms with van der Waals surface area (Å²) < 4.78 is 0. The Kier molecular flexibility index (Phi) is 6.41. The van der Waals surface area contributed by atoms with E-state index in [1.165, 1.54) is 34.9 Å². The first-order chi connectivity index (χ1) is 9.85. The zero-order valence-electron chi connectivity index (χ0n) is 12.6. The minimum atomic E-state index is 0.469. The quantitative estimate of drug-likeness (QED) is 0.684. The molecular formula is C18H25NS. The lowest BCUT2D eigenvalue weighted by Gasteiger charge is -2.19. The fourth-order valence-electron chi connectivity index (χ4n) is 2.36. The molecule has 2 heteroatoms. The standard InChI is InChI=1S/C18H25NS/c1-3-11-19-18(14-20-12-4-2)17-10-9-15-7-5-6-8-16(15)13-17/h5-10,13,18-19H,3-4,11-12,14H2,1-2H3. The van der Waals surface area contributed by atoms with Gasteiger partial charge in [-0.1, -0.05) is 50.2 Å². The molecule has 0 fully saturated rings. The average Bonchev–Trinajstić information content (AvgIpc) is 2.50. The van der Waals surface area contributed by atoms with Crippen molar-refractivity contribution in [3.8, 4) is 0 Å². The molecule has 0 radical (unpaired) electrons. The van der Waals surface area contributed by atoms with Crippen molar-refractivity contribution < 1.29 is 0 Å². The fourth-order valence-corrected chi connectivity index (χ4v) is 3.36. The highest BCUT2D eigenvalue weighted by molar-refractivity contribution is 7.99. The molecule has 0 amide bonds. The third-order valence-corrected chi connectivity index (χ3v) is 4.72. The van der Waals surface area contributed by atoms with Crippen molar-refractivity contribution in [1.29, 1.82) is 0 Å². The van der Waals surface area contributed by atoms with E-state index < -0.39 is 0 Å². The molecule has 1 unspecified atom stereocenters. The van der Waals surface area contributed by atoms with Gasteiger partial charge >= 0.3 is 0 Å². The number of fused-ring (bicyclic) bond motifs is 1. The summed E-state index contributed by atoms with van der Waals surface area (Å²) in [5, 5.41) is 6.36. The summed E-state index contributed by atoms with van der Waals surface area (Å²) in [7, 11) is 0. The summed E-state index contributed by atoms with van der Waals surface area (Å²) in [5.74, 6) is 2.41. The van der Waals surface area contributed by atoms with Gasteiger partial charge in [-0.25, -0.2) is 0 Å². The molecule has 2 aromatic rings. The number of hydrogen-bond acceptors (Lipinski definition) is 2. The lowest BCUT2D eigenvalue weighted by Crippen LogP contribution is -2.24. The molecule has 1 nitrogen and oxygen atoms in total. The van der Waals surface area contributed by atoms with Gasteiger partial charge in [-0.2, -0.15) is 11.8 Å². The molecule has 108 valence electrons. The van der Waals surface area contributed by atoms with Crippen molar-refractivity contribution >= 4 is 22.5 Å². The molecule has 0 aliphatic carbocycles. The first kappa shape index (κ1) is 15.4. The molecule has 0 saturated heterocycles. The van der Waals surface area contributed by atoms with E-state index in [1.807, 2.05) is 11.8 Å². The van der Waals surface area contributed by atoms with Gasteiger partial charge < -0.3 is 5.32 Å². The predicted molar refractivity (Wildman–Crippen MR) is 92.6 cm³/mol. The molecule has 0 spiro atoms. The Morgan fingerprint density at radius 3 is 2.55 bits per heavy atom. The van der Waals surface area contributed by atoms with Crippen LogP contribution in [0, 0.1) is 0 Å². The zero-order chi connectivity index (χ0) is 14.2. The van der Waals surface area contributed by atoms with Crippen molar-refractivity contribution in [3.05, 3.63) is 48.0 Å². The van der Waals surface area contributed by atoms with Gasteiger partial charge in [-0.05, 0) is 47.5 Å². The Morgan fingerprint density at radius 1 is 1.00 bits per heavy atom. The molecule has 2 rings (SSSR count). The number of hydrogen-bond donors (Lipinski definition) is 1. The van der Waals surface area contributed by atoms with E-state index in [0.717, 1.165) is 12.3 Å². The van der Waals surface area contributed by atoms with Gasteiger partial charge in [0.05, 0.1) is 0 Å². The van der Waals surface area contributed by atoms with E-state index in [-0.39, 0.29) is 0 Å². The second-order valence-corrected chi connectivity index (χ2v) is 6.34. The van der Waals surface area contributed by atoms with Crippen LogP contribution in [0.5, 0.6) is 0 Å². The Labute approximate surface area is 127 Å². The smallest absolute Gasteiger partial charge is 0.0412 e. The molecule has 0 aliphatic heterocycles. The summed E-state index contributed by atoms with van der Waals surface area (Å²) in [6, 6.07) is 15.9. The summed E-state index contributed by atoms with van der Waals surface area (Å²) in [6.07, 6.45) is 2.44. The van der Waals surface area contributed by atoms with Crippen LogP contribution in [0.15, 0.2) is 42.5 Å².